The standard InChI is InChI=1S/C14H23N5O2/c1-7(2)12-16-6-10(15)11(19-12)14(21)18-9(5)13(20)17-8(3)4/h6-9H,15H2,1-5H3,(H,17,20)(H,18,21). The third-order valence-electron chi connectivity index (χ3n) is 2.74. The van der Waals surface area contributed by atoms with E-state index in [1.54, 1.807) is 6.92 Å². The fourth-order valence-electron chi connectivity index (χ4n) is 1.60. The van der Waals surface area contributed by atoms with E-state index >= 15 is 0 Å². The van der Waals surface area contributed by atoms with Gasteiger partial charge in [0.2, 0.25) is 5.91 Å². The second-order valence-electron chi connectivity index (χ2n) is 5.55. The number of nitrogens with two attached hydrogens (primary N) is 1. The highest BCUT2D eigenvalue weighted by Gasteiger charge is 2.20. The Bertz CT molecular complexity index is 528. The average molecular weight is 293 g/mol. The van der Waals surface area contributed by atoms with Crippen LogP contribution in [0.3, 0.4) is 0 Å². The van der Waals surface area contributed by atoms with Crippen molar-refractivity contribution in [1.82, 2.24) is 20.6 Å². The number of aromatic nitrogens is 2. The molecule has 1 aromatic heterocycles. The molecule has 0 saturated carbocycles. The molecule has 7 nitrogen and oxygen atoms in total. The Labute approximate surface area is 124 Å². The summed E-state index contributed by atoms with van der Waals surface area (Å²) in [7, 11) is 0. The summed E-state index contributed by atoms with van der Waals surface area (Å²) in [4.78, 5) is 32.2. The summed E-state index contributed by atoms with van der Waals surface area (Å²) in [6, 6.07) is -0.662. The van der Waals surface area contributed by atoms with Crippen LogP contribution in [0.15, 0.2) is 6.20 Å². The van der Waals surface area contributed by atoms with Gasteiger partial charge in [0.1, 0.15) is 11.9 Å². The van der Waals surface area contributed by atoms with Crippen LogP contribution in [-0.4, -0.2) is 33.9 Å². The summed E-state index contributed by atoms with van der Waals surface area (Å²) in [6.45, 7) is 9.15. The molecule has 2 amide bonds. The van der Waals surface area contributed by atoms with Crippen molar-refractivity contribution < 1.29 is 9.59 Å². The maximum atomic E-state index is 12.2. The fourth-order valence-corrected chi connectivity index (χ4v) is 1.60. The van der Waals surface area contributed by atoms with Crippen LogP contribution < -0.4 is 16.4 Å². The van der Waals surface area contributed by atoms with Crippen LogP contribution in [0.25, 0.3) is 0 Å². The van der Waals surface area contributed by atoms with Crippen LogP contribution in [0.5, 0.6) is 0 Å². The minimum Gasteiger partial charge on any atom is -0.396 e. The van der Waals surface area contributed by atoms with Crippen LogP contribution >= 0.6 is 0 Å². The number of anilines is 1. The van der Waals surface area contributed by atoms with Gasteiger partial charge in [-0.2, -0.15) is 0 Å². The van der Waals surface area contributed by atoms with Gasteiger partial charge in [0.25, 0.3) is 5.91 Å². The molecular weight excluding hydrogens is 270 g/mol. The first-order chi connectivity index (χ1) is 9.72. The Hall–Kier alpha value is -2.18. The molecule has 4 N–H and O–H groups in total. The minimum absolute atomic E-state index is 0.00788. The second-order valence-corrected chi connectivity index (χ2v) is 5.55. The molecule has 1 atom stereocenters. The lowest BCUT2D eigenvalue weighted by Crippen LogP contribution is -2.47. The molecular formula is C14H23N5O2. The van der Waals surface area contributed by atoms with Gasteiger partial charge in [-0.25, -0.2) is 9.97 Å². The Morgan fingerprint density at radius 1 is 1.14 bits per heavy atom. The highest BCUT2D eigenvalue weighted by molar-refractivity contribution is 5.99. The molecule has 0 saturated heterocycles. The zero-order chi connectivity index (χ0) is 16.2. The van der Waals surface area contributed by atoms with E-state index in [2.05, 4.69) is 20.6 Å². The van der Waals surface area contributed by atoms with E-state index in [4.69, 9.17) is 5.73 Å². The van der Waals surface area contributed by atoms with E-state index < -0.39 is 11.9 Å². The Morgan fingerprint density at radius 2 is 1.76 bits per heavy atom. The lowest BCUT2D eigenvalue weighted by atomic mass is 10.2. The summed E-state index contributed by atoms with van der Waals surface area (Å²) in [5.41, 5.74) is 6.02. The third kappa shape index (κ3) is 4.70. The number of nitrogens with zero attached hydrogens (tertiary/aromatic N) is 2. The van der Waals surface area contributed by atoms with Crippen LogP contribution in [0, 0.1) is 0 Å². The average Bonchev–Trinajstić information content (AvgIpc) is 2.37. The SMILES string of the molecule is CC(C)NC(=O)C(C)NC(=O)c1nc(C(C)C)ncc1N. The van der Waals surface area contributed by atoms with Crippen molar-refractivity contribution in [2.24, 2.45) is 0 Å². The van der Waals surface area contributed by atoms with Crippen molar-refractivity contribution in [3.63, 3.8) is 0 Å². The summed E-state index contributed by atoms with van der Waals surface area (Å²) >= 11 is 0. The van der Waals surface area contributed by atoms with E-state index in [0.29, 0.717) is 5.82 Å². The maximum Gasteiger partial charge on any atom is 0.272 e. The van der Waals surface area contributed by atoms with Crippen molar-refractivity contribution in [3.05, 3.63) is 17.7 Å². The molecule has 21 heavy (non-hydrogen) atoms. The molecule has 0 aromatic carbocycles. The number of hydrogen-bond donors (Lipinski definition) is 3. The van der Waals surface area contributed by atoms with E-state index in [0.717, 1.165) is 0 Å². The van der Waals surface area contributed by atoms with Gasteiger partial charge in [-0.15, -0.1) is 0 Å². The molecule has 0 aliphatic rings. The van der Waals surface area contributed by atoms with Gasteiger partial charge in [0.05, 0.1) is 11.9 Å². The van der Waals surface area contributed by atoms with Crippen LogP contribution in [-0.2, 0) is 4.79 Å². The van der Waals surface area contributed by atoms with Crippen molar-refractivity contribution in [1.29, 1.82) is 0 Å². The molecule has 0 fully saturated rings. The fraction of sp³-hybridized carbons (Fsp3) is 0.571. The molecule has 7 heteroatoms. The Balaban J connectivity index is 2.84. The van der Waals surface area contributed by atoms with Gasteiger partial charge in [-0.1, -0.05) is 13.8 Å². The van der Waals surface area contributed by atoms with Crippen molar-refractivity contribution >= 4 is 17.5 Å². The normalized spacial score (nSPS) is 12.3. The Kier molecular flexibility index (Phi) is 5.63. The lowest BCUT2D eigenvalue weighted by Gasteiger charge is -2.16. The number of nitrogen functional groups attached to an aromatic ring is 1. The number of hydrogen-bond acceptors (Lipinski definition) is 5. The van der Waals surface area contributed by atoms with Gasteiger partial charge in [-0.05, 0) is 20.8 Å². The number of rotatable bonds is 5. The largest absolute Gasteiger partial charge is 0.396 e. The lowest BCUT2D eigenvalue weighted by molar-refractivity contribution is -0.123. The van der Waals surface area contributed by atoms with E-state index in [-0.39, 0.29) is 29.2 Å². The van der Waals surface area contributed by atoms with Crippen molar-refractivity contribution in [3.8, 4) is 0 Å². The van der Waals surface area contributed by atoms with Gasteiger partial charge in [0.15, 0.2) is 5.69 Å². The first kappa shape index (κ1) is 16.9. The third-order valence-corrected chi connectivity index (χ3v) is 2.74. The summed E-state index contributed by atoms with van der Waals surface area (Å²) in [5.74, 6) is -0.120. The minimum atomic E-state index is -0.670. The zero-order valence-corrected chi connectivity index (χ0v) is 13.1. The van der Waals surface area contributed by atoms with E-state index in [1.165, 1.54) is 6.20 Å². The summed E-state index contributed by atoms with van der Waals surface area (Å²) in [6.07, 6.45) is 1.41. The smallest absolute Gasteiger partial charge is 0.272 e. The molecule has 1 unspecified atom stereocenters. The maximum absolute atomic E-state index is 12.2. The highest BCUT2D eigenvalue weighted by Crippen LogP contribution is 2.13. The summed E-state index contributed by atoms with van der Waals surface area (Å²) in [5, 5.41) is 5.31. The monoisotopic (exact) mass is 293 g/mol. The number of carbonyl (C=O) groups excluding carboxylic acids is 2. The zero-order valence-electron chi connectivity index (χ0n) is 13.1. The van der Waals surface area contributed by atoms with Crippen molar-refractivity contribution in [2.45, 2.75) is 52.6 Å². The van der Waals surface area contributed by atoms with Crippen LogP contribution in [0.4, 0.5) is 5.69 Å². The number of nitrogens with one attached hydrogen (secondary N) is 2. The molecule has 1 heterocycles. The van der Waals surface area contributed by atoms with E-state index in [1.807, 2.05) is 27.7 Å². The van der Waals surface area contributed by atoms with Crippen LogP contribution in [0.1, 0.15) is 56.8 Å². The molecule has 0 spiro atoms. The predicted octanol–water partition coefficient (Wildman–Crippen LogP) is 0.825. The molecule has 116 valence electrons. The van der Waals surface area contributed by atoms with Gasteiger partial charge in [-0.3, -0.25) is 9.59 Å². The van der Waals surface area contributed by atoms with E-state index in [9.17, 15) is 9.59 Å². The second kappa shape index (κ2) is 7.01. The van der Waals surface area contributed by atoms with Crippen molar-refractivity contribution in [2.75, 3.05) is 5.73 Å². The number of amides is 2. The number of carbonyl (C=O) groups is 2. The molecule has 0 aliphatic carbocycles. The predicted molar refractivity (Wildman–Crippen MR) is 80.7 cm³/mol. The van der Waals surface area contributed by atoms with Gasteiger partial charge >= 0.3 is 0 Å². The molecule has 1 rings (SSSR count). The summed E-state index contributed by atoms with van der Waals surface area (Å²) < 4.78 is 0. The quantitative estimate of drug-likeness (QED) is 0.744. The van der Waals surface area contributed by atoms with Crippen LogP contribution in [0.2, 0.25) is 0 Å². The first-order valence-electron chi connectivity index (χ1n) is 6.96. The topological polar surface area (TPSA) is 110 Å². The van der Waals surface area contributed by atoms with Gasteiger partial charge < -0.3 is 16.4 Å². The molecule has 0 bridgehead atoms. The van der Waals surface area contributed by atoms with Gasteiger partial charge in [0, 0.05) is 12.0 Å². The first-order valence-corrected chi connectivity index (χ1v) is 6.96. The molecule has 0 radical (unpaired) electrons. The molecule has 1 aromatic rings. The highest BCUT2D eigenvalue weighted by atomic mass is 16.2. The molecule has 0 aliphatic heterocycles. The Morgan fingerprint density at radius 3 is 2.29 bits per heavy atom.